The average Bonchev–Trinajstić information content (AvgIpc) is 2.65. The van der Waals surface area contributed by atoms with Gasteiger partial charge in [-0.25, -0.2) is 9.97 Å². The number of rotatable bonds is 0. The fourth-order valence-corrected chi connectivity index (χ4v) is 2.21. The van der Waals surface area contributed by atoms with Gasteiger partial charge in [-0.15, -0.1) is 37.2 Å². The summed E-state index contributed by atoms with van der Waals surface area (Å²) in [5.41, 5.74) is 1.55. The van der Waals surface area contributed by atoms with Crippen LogP contribution in [-0.4, -0.2) is 20.2 Å². The molecule has 0 aliphatic heterocycles. The van der Waals surface area contributed by atoms with Gasteiger partial charge < -0.3 is 10.2 Å². The SMILES string of the molecule is Cl.Cl.Cl.[OH2+]c1cccc2cccnc12.[OH2+]c1cccc2cccnc12.[O]=[Mo]. The van der Waals surface area contributed by atoms with Gasteiger partial charge >= 0.3 is 23.2 Å². The molecule has 0 radical (unpaired) electrons. The van der Waals surface area contributed by atoms with E-state index in [9.17, 15) is 0 Å². The molecule has 0 spiro atoms. The number of halogens is 3. The molecule has 2 heterocycles. The van der Waals surface area contributed by atoms with Crippen molar-refractivity contribution >= 4 is 59.0 Å². The summed E-state index contributed by atoms with van der Waals surface area (Å²) in [7, 11) is 0. The summed E-state index contributed by atoms with van der Waals surface area (Å²) < 4.78 is 8.26. The number of benzene rings is 2. The third-order valence-corrected chi connectivity index (χ3v) is 3.27. The Bertz CT molecular complexity index is 873. The van der Waals surface area contributed by atoms with Gasteiger partial charge in [0.25, 0.3) is 11.5 Å². The molecule has 0 aliphatic rings. The Labute approximate surface area is 186 Å². The van der Waals surface area contributed by atoms with E-state index >= 15 is 0 Å². The third-order valence-electron chi connectivity index (χ3n) is 3.27. The van der Waals surface area contributed by atoms with Crippen LogP contribution >= 0.6 is 37.2 Å². The Morgan fingerprint density at radius 3 is 1.26 bits per heavy atom. The number of hydrogen-bond donors (Lipinski definition) is 0. The van der Waals surface area contributed by atoms with E-state index in [0.717, 1.165) is 21.8 Å². The minimum atomic E-state index is 0. The topological polar surface area (TPSA) is 88.7 Å². The van der Waals surface area contributed by atoms with E-state index in [-0.39, 0.29) is 37.2 Å². The standard InChI is InChI=1S/2C9H7NO.3ClH.Mo.O/c2*11-8-5-1-3-7-4-2-6-10-9(7)8;;;;;/h2*1-6,11H;3*1H;;/p+2. The molecule has 0 unspecified atom stereocenters. The zero-order valence-electron chi connectivity index (χ0n) is 13.9. The van der Waals surface area contributed by atoms with Crippen molar-refractivity contribution in [1.82, 2.24) is 9.97 Å². The van der Waals surface area contributed by atoms with Gasteiger partial charge in [-0.2, -0.15) is 0 Å². The summed E-state index contributed by atoms with van der Waals surface area (Å²) in [6.45, 7) is 0. The zero-order valence-corrected chi connectivity index (χ0v) is 18.3. The molecular formula is C18H19Cl3MoN2O3+2. The fraction of sp³-hybridized carbons (Fsp3) is 0. The Kier molecular flexibility index (Phi) is 14.5. The van der Waals surface area contributed by atoms with Crippen molar-refractivity contribution in [2.75, 3.05) is 0 Å². The molecule has 144 valence electrons. The van der Waals surface area contributed by atoms with E-state index < -0.39 is 0 Å². The molecule has 9 heteroatoms. The summed E-state index contributed by atoms with van der Waals surface area (Å²) in [4.78, 5) is 8.19. The molecule has 0 saturated heterocycles. The molecule has 0 aliphatic carbocycles. The molecule has 4 aromatic rings. The Morgan fingerprint density at radius 2 is 0.926 bits per heavy atom. The predicted octanol–water partition coefficient (Wildman–Crippen LogP) is 4.49. The van der Waals surface area contributed by atoms with E-state index in [0.29, 0.717) is 31.3 Å². The van der Waals surface area contributed by atoms with Crippen molar-refractivity contribution in [1.29, 1.82) is 0 Å². The quantitative estimate of drug-likeness (QED) is 0.256. The maximum atomic E-state index is 8.26. The number of pyridine rings is 2. The van der Waals surface area contributed by atoms with Crippen molar-refractivity contribution in [3.05, 3.63) is 73.1 Å². The van der Waals surface area contributed by atoms with Crippen LogP contribution < -0.4 is 0 Å². The van der Waals surface area contributed by atoms with E-state index in [1.165, 1.54) is 0 Å². The monoisotopic (exact) mass is 514 g/mol. The van der Waals surface area contributed by atoms with Crippen molar-refractivity contribution < 1.29 is 33.4 Å². The third kappa shape index (κ3) is 7.39. The molecule has 0 fully saturated rings. The number of para-hydroxylation sites is 2. The molecule has 2 aromatic heterocycles. The minimum absolute atomic E-state index is 0. The second-order valence-corrected chi connectivity index (χ2v) is 4.76. The molecule has 0 bridgehead atoms. The first-order valence-corrected chi connectivity index (χ1v) is 7.85. The van der Waals surface area contributed by atoms with Crippen molar-refractivity contribution in [2.24, 2.45) is 0 Å². The summed E-state index contributed by atoms with van der Waals surface area (Å²) in [6.07, 6.45) is 3.42. The van der Waals surface area contributed by atoms with Gasteiger partial charge in [-0.3, -0.25) is 0 Å². The first-order chi connectivity index (χ1) is 11.8. The molecule has 2 aromatic carbocycles. The molecule has 27 heavy (non-hydrogen) atoms. The van der Waals surface area contributed by atoms with Crippen LogP contribution in [0.2, 0.25) is 0 Å². The first-order valence-electron chi connectivity index (χ1n) is 7.03. The van der Waals surface area contributed by atoms with Gasteiger partial charge in [0.15, 0.2) is 11.0 Å². The summed E-state index contributed by atoms with van der Waals surface area (Å²) in [6, 6.07) is 18.8. The van der Waals surface area contributed by atoms with Crippen LogP contribution in [0, 0.1) is 0 Å². The van der Waals surface area contributed by atoms with Crippen LogP contribution in [0.15, 0.2) is 73.1 Å². The maximum absolute atomic E-state index is 8.26. The normalized spacial score (nSPS) is 8.44. The van der Waals surface area contributed by atoms with Crippen LogP contribution in [0.5, 0.6) is 11.5 Å². The summed E-state index contributed by atoms with van der Waals surface area (Å²) in [5.74, 6) is 0.978. The average molecular weight is 514 g/mol. The van der Waals surface area contributed by atoms with Gasteiger partial charge in [-0.1, -0.05) is 36.4 Å². The first kappa shape index (κ1) is 27.4. The number of nitrogens with zero attached hydrogens (tertiary/aromatic N) is 2. The molecule has 0 saturated carbocycles. The molecule has 5 nitrogen and oxygen atoms in total. The Morgan fingerprint density at radius 1 is 0.593 bits per heavy atom. The van der Waals surface area contributed by atoms with E-state index in [4.69, 9.17) is 13.6 Å². The second-order valence-electron chi connectivity index (χ2n) is 4.76. The number of hydrogen-bond acceptors (Lipinski definition) is 3. The Hall–Kier alpha value is -1.78. The van der Waals surface area contributed by atoms with Gasteiger partial charge in [0.1, 0.15) is 0 Å². The van der Waals surface area contributed by atoms with Crippen LogP contribution in [0.3, 0.4) is 0 Å². The van der Waals surface area contributed by atoms with E-state index in [1.807, 2.05) is 48.5 Å². The van der Waals surface area contributed by atoms with Crippen LogP contribution in [-0.2, 0) is 23.2 Å². The van der Waals surface area contributed by atoms with Crippen molar-refractivity contribution in [3.8, 4) is 11.5 Å². The van der Waals surface area contributed by atoms with E-state index in [1.54, 1.807) is 24.5 Å². The Balaban J connectivity index is 0. The number of fused-ring (bicyclic) bond motifs is 2. The zero-order chi connectivity index (χ0) is 17.4. The van der Waals surface area contributed by atoms with Gasteiger partial charge in [0.05, 0.1) is 0 Å². The van der Waals surface area contributed by atoms with Gasteiger partial charge in [0, 0.05) is 35.3 Å². The molecule has 0 atom stereocenters. The van der Waals surface area contributed by atoms with E-state index in [2.05, 4.69) is 9.97 Å². The van der Waals surface area contributed by atoms with Crippen LogP contribution in [0.4, 0.5) is 0 Å². The second kappa shape index (κ2) is 14.3. The molecular weight excluding hydrogens is 495 g/mol. The molecule has 4 N–H and O–H groups in total. The van der Waals surface area contributed by atoms with Crippen LogP contribution in [0.1, 0.15) is 0 Å². The summed E-state index contributed by atoms with van der Waals surface area (Å²) >= 11 is 0.700. The molecule has 4 rings (SSSR count). The summed E-state index contributed by atoms with van der Waals surface area (Å²) in [5, 5.41) is 17.1. The predicted molar refractivity (Wildman–Crippen MR) is 112 cm³/mol. The van der Waals surface area contributed by atoms with Gasteiger partial charge in [0.2, 0.25) is 0 Å². The molecule has 0 amide bonds. The van der Waals surface area contributed by atoms with Gasteiger partial charge in [-0.05, 0) is 12.1 Å². The van der Waals surface area contributed by atoms with Crippen LogP contribution in [0.25, 0.3) is 21.8 Å². The van der Waals surface area contributed by atoms with Crippen molar-refractivity contribution in [3.63, 3.8) is 0 Å². The number of aromatic nitrogens is 2. The van der Waals surface area contributed by atoms with Crippen molar-refractivity contribution in [2.45, 2.75) is 0 Å². The fourth-order valence-electron chi connectivity index (χ4n) is 2.21.